The fourth-order valence-corrected chi connectivity index (χ4v) is 2.41. The number of halogens is 4. The molecule has 1 heterocycles. The molecule has 0 aliphatic rings. The topological polar surface area (TPSA) is 49.8 Å². The lowest BCUT2D eigenvalue weighted by Gasteiger charge is -2.19. The molecule has 2 rings (SSSR count). The largest absolute Gasteiger partial charge is 0.433 e. The van der Waals surface area contributed by atoms with Crippen LogP contribution in [0, 0.1) is 5.41 Å². The molecule has 0 fully saturated rings. The number of aromatic nitrogens is 2. The Morgan fingerprint density at radius 2 is 1.88 bits per heavy atom. The Morgan fingerprint density at radius 3 is 2.50 bits per heavy atom. The van der Waals surface area contributed by atoms with E-state index >= 15 is 0 Å². The van der Waals surface area contributed by atoms with Crippen LogP contribution in [0.1, 0.15) is 38.4 Å². The Kier molecular flexibility index (Phi) is 6.47. The summed E-state index contributed by atoms with van der Waals surface area (Å²) in [6.07, 6.45) is -2.51. The zero-order valence-electron chi connectivity index (χ0n) is 14.9. The van der Waals surface area contributed by atoms with Crippen molar-refractivity contribution in [3.63, 3.8) is 0 Å². The molecule has 2 aromatic rings. The minimum atomic E-state index is -4.56. The Balaban J connectivity index is 2.14. The molecule has 0 radical (unpaired) electrons. The van der Waals surface area contributed by atoms with Crippen molar-refractivity contribution in [2.24, 2.45) is 5.41 Å². The van der Waals surface area contributed by atoms with E-state index in [-0.39, 0.29) is 23.5 Å². The predicted molar refractivity (Wildman–Crippen MR) is 97.5 cm³/mol. The molecule has 0 atom stereocenters. The molecule has 1 aromatic heterocycles. The highest BCUT2D eigenvalue weighted by Crippen LogP contribution is 2.31. The first kappa shape index (κ1) is 20.5. The monoisotopic (exact) mass is 386 g/mol. The predicted octanol–water partition coefficient (Wildman–Crippen LogP) is 5.42. The molecule has 0 bridgehead atoms. The van der Waals surface area contributed by atoms with Crippen LogP contribution >= 0.6 is 11.6 Å². The van der Waals surface area contributed by atoms with Gasteiger partial charge in [-0.25, -0.2) is 9.97 Å². The summed E-state index contributed by atoms with van der Waals surface area (Å²) in [5, 5.41) is 6.24. The molecule has 0 amide bonds. The van der Waals surface area contributed by atoms with Crippen molar-refractivity contribution in [2.45, 2.75) is 39.9 Å². The van der Waals surface area contributed by atoms with E-state index in [1.54, 1.807) is 24.3 Å². The van der Waals surface area contributed by atoms with Crippen LogP contribution in [0.5, 0.6) is 0 Å². The molecule has 0 saturated carbocycles. The molecule has 1 aromatic carbocycles. The molecule has 0 aliphatic heterocycles. The van der Waals surface area contributed by atoms with E-state index < -0.39 is 11.9 Å². The molecule has 0 spiro atoms. The number of rotatable bonds is 6. The third-order valence-corrected chi connectivity index (χ3v) is 3.82. The lowest BCUT2D eigenvalue weighted by Crippen LogP contribution is -2.23. The van der Waals surface area contributed by atoms with Crippen molar-refractivity contribution in [1.82, 2.24) is 15.3 Å². The number of benzene rings is 1. The van der Waals surface area contributed by atoms with Gasteiger partial charge in [-0.1, -0.05) is 38.4 Å². The average Bonchev–Trinajstić information content (AvgIpc) is 2.50. The first-order valence-electron chi connectivity index (χ1n) is 8.21. The van der Waals surface area contributed by atoms with Crippen LogP contribution in [0.3, 0.4) is 0 Å². The highest BCUT2D eigenvalue weighted by atomic mass is 35.5. The standard InChI is InChI=1S/C18H22ClF3N4/c1-17(2,3)7-8-23-10-12-11-24-16(26-15(12)18(20,21)22)25-14-6-4-5-13(19)9-14/h4-6,9,11,23H,7-8,10H2,1-3H3,(H,24,25,26). The van der Waals surface area contributed by atoms with Crippen molar-refractivity contribution in [1.29, 1.82) is 0 Å². The van der Waals surface area contributed by atoms with E-state index in [1.807, 2.05) is 0 Å². The number of nitrogens with zero attached hydrogens (tertiary/aromatic N) is 2. The Morgan fingerprint density at radius 1 is 1.15 bits per heavy atom. The molecule has 0 saturated heterocycles. The molecule has 142 valence electrons. The Hall–Kier alpha value is -1.86. The fraction of sp³-hybridized carbons (Fsp3) is 0.444. The van der Waals surface area contributed by atoms with Crippen molar-refractivity contribution in [3.8, 4) is 0 Å². The summed E-state index contributed by atoms with van der Waals surface area (Å²) in [6, 6.07) is 6.61. The minimum Gasteiger partial charge on any atom is -0.324 e. The zero-order chi connectivity index (χ0) is 19.4. The molecular weight excluding hydrogens is 365 g/mol. The molecular formula is C18H22ClF3N4. The van der Waals surface area contributed by atoms with E-state index in [2.05, 4.69) is 41.4 Å². The normalized spacial score (nSPS) is 12.3. The lowest BCUT2D eigenvalue weighted by molar-refractivity contribution is -0.141. The van der Waals surface area contributed by atoms with E-state index in [9.17, 15) is 13.2 Å². The highest BCUT2D eigenvalue weighted by molar-refractivity contribution is 6.30. The van der Waals surface area contributed by atoms with Gasteiger partial charge < -0.3 is 10.6 Å². The van der Waals surface area contributed by atoms with Gasteiger partial charge >= 0.3 is 6.18 Å². The van der Waals surface area contributed by atoms with Crippen LogP contribution in [-0.2, 0) is 12.7 Å². The number of nitrogens with one attached hydrogen (secondary N) is 2. The Labute approximate surface area is 156 Å². The molecule has 4 nitrogen and oxygen atoms in total. The summed E-state index contributed by atoms with van der Waals surface area (Å²) < 4.78 is 40.1. The summed E-state index contributed by atoms with van der Waals surface area (Å²) in [7, 11) is 0. The van der Waals surface area contributed by atoms with E-state index in [0.717, 1.165) is 6.42 Å². The smallest absolute Gasteiger partial charge is 0.324 e. The number of alkyl halides is 3. The maximum atomic E-state index is 13.4. The maximum Gasteiger partial charge on any atom is 0.433 e. The van der Waals surface area contributed by atoms with Gasteiger partial charge in [-0.05, 0) is 36.6 Å². The first-order chi connectivity index (χ1) is 12.0. The fourth-order valence-electron chi connectivity index (χ4n) is 2.22. The van der Waals surface area contributed by atoms with Gasteiger partial charge in [0.25, 0.3) is 0 Å². The number of hydrogen-bond donors (Lipinski definition) is 2. The lowest BCUT2D eigenvalue weighted by atomic mass is 9.92. The summed E-state index contributed by atoms with van der Waals surface area (Å²) in [5.74, 6) is -0.127. The van der Waals surface area contributed by atoms with E-state index in [0.29, 0.717) is 17.3 Å². The highest BCUT2D eigenvalue weighted by Gasteiger charge is 2.36. The van der Waals surface area contributed by atoms with Gasteiger partial charge in [-0.15, -0.1) is 0 Å². The minimum absolute atomic E-state index is 0.0167. The molecule has 8 heteroatoms. The van der Waals surface area contributed by atoms with Crippen molar-refractivity contribution < 1.29 is 13.2 Å². The van der Waals surface area contributed by atoms with Crippen molar-refractivity contribution in [3.05, 3.63) is 46.7 Å². The zero-order valence-corrected chi connectivity index (χ0v) is 15.7. The SMILES string of the molecule is CC(C)(C)CCNCc1cnc(Nc2cccc(Cl)c2)nc1C(F)(F)F. The van der Waals surface area contributed by atoms with Crippen LogP contribution in [0.4, 0.5) is 24.8 Å². The maximum absolute atomic E-state index is 13.4. The van der Waals surface area contributed by atoms with Crippen LogP contribution < -0.4 is 10.6 Å². The summed E-state index contributed by atoms with van der Waals surface area (Å²) in [4.78, 5) is 7.67. The van der Waals surface area contributed by atoms with Gasteiger partial charge in [0.1, 0.15) is 0 Å². The molecule has 26 heavy (non-hydrogen) atoms. The second-order valence-electron chi connectivity index (χ2n) is 7.19. The Bertz CT molecular complexity index is 742. The summed E-state index contributed by atoms with van der Waals surface area (Å²) in [6.45, 7) is 6.91. The van der Waals surface area contributed by atoms with Gasteiger partial charge in [0.15, 0.2) is 5.69 Å². The van der Waals surface area contributed by atoms with Crippen LogP contribution in [-0.4, -0.2) is 16.5 Å². The van der Waals surface area contributed by atoms with Crippen LogP contribution in [0.25, 0.3) is 0 Å². The quantitative estimate of drug-likeness (QED) is 0.651. The summed E-state index contributed by atoms with van der Waals surface area (Å²) >= 11 is 5.87. The van der Waals surface area contributed by atoms with Gasteiger partial charge in [0, 0.05) is 29.0 Å². The van der Waals surface area contributed by atoms with Gasteiger partial charge in [0.2, 0.25) is 5.95 Å². The third-order valence-electron chi connectivity index (χ3n) is 3.58. The first-order valence-corrected chi connectivity index (χ1v) is 8.59. The van der Waals surface area contributed by atoms with Crippen molar-refractivity contribution >= 4 is 23.2 Å². The van der Waals surface area contributed by atoms with E-state index in [1.165, 1.54) is 6.20 Å². The molecule has 2 N–H and O–H groups in total. The second kappa shape index (κ2) is 8.22. The van der Waals surface area contributed by atoms with Crippen LogP contribution in [0.15, 0.2) is 30.5 Å². The average molecular weight is 387 g/mol. The number of anilines is 2. The number of hydrogen-bond acceptors (Lipinski definition) is 4. The van der Waals surface area contributed by atoms with Crippen molar-refractivity contribution in [2.75, 3.05) is 11.9 Å². The van der Waals surface area contributed by atoms with E-state index in [4.69, 9.17) is 11.6 Å². The van der Waals surface area contributed by atoms with Gasteiger partial charge in [-0.2, -0.15) is 13.2 Å². The van der Waals surface area contributed by atoms with Gasteiger partial charge in [0.05, 0.1) is 0 Å². The third kappa shape index (κ3) is 6.46. The van der Waals surface area contributed by atoms with Crippen LogP contribution in [0.2, 0.25) is 5.02 Å². The van der Waals surface area contributed by atoms with Gasteiger partial charge in [-0.3, -0.25) is 0 Å². The summed E-state index contributed by atoms with van der Waals surface area (Å²) in [5.41, 5.74) is -0.300. The molecule has 0 aliphatic carbocycles. The molecule has 0 unspecified atom stereocenters. The second-order valence-corrected chi connectivity index (χ2v) is 7.62.